The fourth-order valence-electron chi connectivity index (χ4n) is 3.52. The highest BCUT2D eigenvalue weighted by Crippen LogP contribution is 2.39. The van der Waals surface area contributed by atoms with Gasteiger partial charge >= 0.3 is 0 Å². The van der Waals surface area contributed by atoms with E-state index in [9.17, 15) is 0 Å². The van der Waals surface area contributed by atoms with Crippen LogP contribution in [0.25, 0.3) is 0 Å². The Morgan fingerprint density at radius 1 is 1.06 bits per heavy atom. The zero-order valence-corrected chi connectivity index (χ0v) is 11.8. The maximum atomic E-state index is 4.64. The first-order valence-electron chi connectivity index (χ1n) is 6.98. The molecular weight excluding hydrogens is 214 g/mol. The van der Waals surface area contributed by atoms with Gasteiger partial charge in [-0.1, -0.05) is 33.1 Å². The standard InChI is InChI=1S/C14H27NS/c1-12-8-15(9-13(12)2)10-14(11-16)6-4-3-5-7-14/h12-13,16H,3-11H2,1-2H3. The van der Waals surface area contributed by atoms with Crippen LogP contribution in [-0.2, 0) is 0 Å². The quantitative estimate of drug-likeness (QED) is 0.741. The van der Waals surface area contributed by atoms with Gasteiger partial charge in [-0.25, -0.2) is 0 Å². The average molecular weight is 241 g/mol. The molecule has 2 unspecified atom stereocenters. The van der Waals surface area contributed by atoms with Crippen LogP contribution in [0.4, 0.5) is 0 Å². The van der Waals surface area contributed by atoms with E-state index < -0.39 is 0 Å². The van der Waals surface area contributed by atoms with Crippen molar-refractivity contribution in [2.75, 3.05) is 25.4 Å². The van der Waals surface area contributed by atoms with Crippen molar-refractivity contribution in [1.82, 2.24) is 4.90 Å². The van der Waals surface area contributed by atoms with Gasteiger partial charge in [-0.05, 0) is 35.8 Å². The first-order valence-corrected chi connectivity index (χ1v) is 7.62. The van der Waals surface area contributed by atoms with Crippen molar-refractivity contribution in [2.45, 2.75) is 46.0 Å². The second-order valence-electron chi connectivity index (χ2n) is 6.37. The van der Waals surface area contributed by atoms with E-state index in [1.54, 1.807) is 0 Å². The van der Waals surface area contributed by atoms with Gasteiger partial charge in [0.2, 0.25) is 0 Å². The first kappa shape index (κ1) is 12.8. The van der Waals surface area contributed by atoms with Crippen LogP contribution >= 0.6 is 12.6 Å². The predicted molar refractivity (Wildman–Crippen MR) is 74.1 cm³/mol. The van der Waals surface area contributed by atoms with Crippen molar-refractivity contribution < 1.29 is 0 Å². The molecule has 2 aliphatic rings. The van der Waals surface area contributed by atoms with Crippen molar-refractivity contribution in [1.29, 1.82) is 0 Å². The Morgan fingerprint density at radius 2 is 1.62 bits per heavy atom. The zero-order chi connectivity index (χ0) is 11.6. The highest BCUT2D eigenvalue weighted by atomic mass is 32.1. The molecule has 16 heavy (non-hydrogen) atoms. The Morgan fingerprint density at radius 3 is 2.12 bits per heavy atom. The lowest BCUT2D eigenvalue weighted by Crippen LogP contribution is -2.39. The molecule has 94 valence electrons. The lowest BCUT2D eigenvalue weighted by Gasteiger charge is -2.39. The summed E-state index contributed by atoms with van der Waals surface area (Å²) in [6.45, 7) is 8.75. The maximum absolute atomic E-state index is 4.64. The molecule has 2 heteroatoms. The normalized spacial score (nSPS) is 35.4. The molecule has 1 aliphatic heterocycles. The summed E-state index contributed by atoms with van der Waals surface area (Å²) >= 11 is 4.64. The molecule has 0 aromatic heterocycles. The van der Waals surface area contributed by atoms with E-state index in [-0.39, 0.29) is 0 Å². The van der Waals surface area contributed by atoms with Gasteiger partial charge in [-0.15, -0.1) is 0 Å². The van der Waals surface area contributed by atoms with E-state index in [2.05, 4.69) is 31.4 Å². The van der Waals surface area contributed by atoms with Gasteiger partial charge in [-0.3, -0.25) is 0 Å². The Kier molecular flexibility index (Phi) is 4.23. The predicted octanol–water partition coefficient (Wildman–Crippen LogP) is 3.45. The van der Waals surface area contributed by atoms with Crippen LogP contribution in [0.5, 0.6) is 0 Å². The molecule has 1 saturated carbocycles. The SMILES string of the molecule is CC1CN(CC2(CS)CCCCC2)CC1C. The summed E-state index contributed by atoms with van der Waals surface area (Å²) in [7, 11) is 0. The minimum Gasteiger partial charge on any atom is -0.302 e. The zero-order valence-electron chi connectivity index (χ0n) is 10.9. The molecular formula is C14H27NS. The highest BCUT2D eigenvalue weighted by Gasteiger charge is 2.35. The van der Waals surface area contributed by atoms with Crippen molar-refractivity contribution in [3.8, 4) is 0 Å². The fourth-order valence-corrected chi connectivity index (χ4v) is 3.94. The van der Waals surface area contributed by atoms with E-state index >= 15 is 0 Å². The summed E-state index contributed by atoms with van der Waals surface area (Å²) < 4.78 is 0. The molecule has 1 heterocycles. The van der Waals surface area contributed by atoms with E-state index in [1.807, 2.05) is 0 Å². The first-order chi connectivity index (χ1) is 7.65. The van der Waals surface area contributed by atoms with Crippen LogP contribution in [0.15, 0.2) is 0 Å². The van der Waals surface area contributed by atoms with Crippen molar-refractivity contribution in [2.24, 2.45) is 17.3 Å². The van der Waals surface area contributed by atoms with Gasteiger partial charge in [0, 0.05) is 19.6 Å². The van der Waals surface area contributed by atoms with E-state index in [1.165, 1.54) is 51.7 Å². The molecule has 2 rings (SSSR count). The van der Waals surface area contributed by atoms with Crippen LogP contribution in [0, 0.1) is 17.3 Å². The third-order valence-corrected chi connectivity index (χ3v) is 5.54. The smallest absolute Gasteiger partial charge is 0.00460 e. The topological polar surface area (TPSA) is 3.24 Å². The summed E-state index contributed by atoms with van der Waals surface area (Å²) in [5, 5.41) is 0. The third kappa shape index (κ3) is 2.76. The van der Waals surface area contributed by atoms with Gasteiger partial charge in [0.05, 0.1) is 0 Å². The van der Waals surface area contributed by atoms with Crippen LogP contribution < -0.4 is 0 Å². The lowest BCUT2D eigenvalue weighted by atomic mass is 9.75. The monoisotopic (exact) mass is 241 g/mol. The van der Waals surface area contributed by atoms with Crippen molar-refractivity contribution in [3.63, 3.8) is 0 Å². The number of hydrogen-bond acceptors (Lipinski definition) is 2. The number of nitrogens with zero attached hydrogens (tertiary/aromatic N) is 1. The van der Waals surface area contributed by atoms with Crippen LogP contribution in [-0.4, -0.2) is 30.3 Å². The van der Waals surface area contributed by atoms with Crippen LogP contribution in [0.1, 0.15) is 46.0 Å². The van der Waals surface area contributed by atoms with Gasteiger partial charge < -0.3 is 4.90 Å². The Labute approximate surface area is 106 Å². The van der Waals surface area contributed by atoms with Crippen LogP contribution in [0.3, 0.4) is 0 Å². The minimum atomic E-state index is 0.547. The molecule has 1 aliphatic carbocycles. The second-order valence-corrected chi connectivity index (χ2v) is 6.68. The number of likely N-dealkylation sites (tertiary alicyclic amines) is 1. The Balaban J connectivity index is 1.91. The van der Waals surface area contributed by atoms with E-state index in [0.717, 1.165) is 17.6 Å². The molecule has 2 fully saturated rings. The molecule has 0 bridgehead atoms. The average Bonchev–Trinajstić information content (AvgIpc) is 2.59. The molecule has 0 N–H and O–H groups in total. The van der Waals surface area contributed by atoms with Gasteiger partial charge in [0.15, 0.2) is 0 Å². The third-order valence-electron chi connectivity index (χ3n) is 4.87. The number of thiol groups is 1. The maximum Gasteiger partial charge on any atom is 0.00460 e. The molecule has 0 amide bonds. The lowest BCUT2D eigenvalue weighted by molar-refractivity contribution is 0.140. The summed E-state index contributed by atoms with van der Waals surface area (Å²) in [6, 6.07) is 0. The van der Waals surface area contributed by atoms with Gasteiger partial charge in [0.25, 0.3) is 0 Å². The second kappa shape index (κ2) is 5.30. The number of rotatable bonds is 3. The number of hydrogen-bond donors (Lipinski definition) is 1. The van der Waals surface area contributed by atoms with Gasteiger partial charge in [0.1, 0.15) is 0 Å². The van der Waals surface area contributed by atoms with E-state index in [4.69, 9.17) is 0 Å². The fraction of sp³-hybridized carbons (Fsp3) is 1.00. The molecule has 1 nitrogen and oxygen atoms in total. The molecule has 1 saturated heterocycles. The van der Waals surface area contributed by atoms with Gasteiger partial charge in [-0.2, -0.15) is 12.6 Å². The molecule has 2 atom stereocenters. The summed E-state index contributed by atoms with van der Waals surface area (Å²) in [4.78, 5) is 2.71. The summed E-state index contributed by atoms with van der Waals surface area (Å²) in [5.74, 6) is 2.87. The Bertz CT molecular complexity index is 213. The van der Waals surface area contributed by atoms with Crippen molar-refractivity contribution in [3.05, 3.63) is 0 Å². The summed E-state index contributed by atoms with van der Waals surface area (Å²) in [6.07, 6.45) is 7.13. The Hall–Kier alpha value is 0.310. The van der Waals surface area contributed by atoms with E-state index in [0.29, 0.717) is 5.41 Å². The largest absolute Gasteiger partial charge is 0.302 e. The molecule has 0 aromatic rings. The minimum absolute atomic E-state index is 0.547. The van der Waals surface area contributed by atoms with Crippen LogP contribution in [0.2, 0.25) is 0 Å². The molecule has 0 spiro atoms. The summed E-state index contributed by atoms with van der Waals surface area (Å²) in [5.41, 5.74) is 0.547. The van der Waals surface area contributed by atoms with Crippen molar-refractivity contribution >= 4 is 12.6 Å². The molecule has 0 radical (unpaired) electrons. The highest BCUT2D eigenvalue weighted by molar-refractivity contribution is 7.80. The molecule has 0 aromatic carbocycles.